The summed E-state index contributed by atoms with van der Waals surface area (Å²) < 4.78 is 14.9. The van der Waals surface area contributed by atoms with Gasteiger partial charge in [-0.25, -0.2) is 13.9 Å². The zero-order chi connectivity index (χ0) is 15.6. The van der Waals surface area contributed by atoms with E-state index in [2.05, 4.69) is 21.9 Å². The SMILES string of the molecule is Fc1cccc(C#Cc2ccc(-c3ccn4nccc4n3)s2)c1. The Labute approximate surface area is 136 Å². The van der Waals surface area contributed by atoms with E-state index in [4.69, 9.17) is 0 Å². The summed E-state index contributed by atoms with van der Waals surface area (Å²) in [6.45, 7) is 0. The van der Waals surface area contributed by atoms with Crippen LogP contribution in [0.1, 0.15) is 10.4 Å². The minimum Gasteiger partial charge on any atom is -0.228 e. The first-order valence-electron chi connectivity index (χ1n) is 6.96. The summed E-state index contributed by atoms with van der Waals surface area (Å²) in [6.07, 6.45) is 3.60. The molecule has 0 amide bonds. The molecule has 3 nitrogen and oxygen atoms in total. The van der Waals surface area contributed by atoms with Crippen LogP contribution in [0.2, 0.25) is 0 Å². The Bertz CT molecular complexity index is 1050. The molecule has 0 aliphatic heterocycles. The maximum atomic E-state index is 13.1. The predicted octanol–water partition coefficient (Wildman–Crippen LogP) is 4.00. The van der Waals surface area contributed by atoms with E-state index in [9.17, 15) is 4.39 Å². The maximum Gasteiger partial charge on any atom is 0.155 e. The molecule has 0 aliphatic carbocycles. The van der Waals surface area contributed by atoms with Crippen LogP contribution in [0.15, 0.2) is 60.9 Å². The first-order valence-corrected chi connectivity index (χ1v) is 7.78. The second kappa shape index (κ2) is 5.67. The number of benzene rings is 1. The van der Waals surface area contributed by atoms with Crippen molar-refractivity contribution in [3.63, 3.8) is 0 Å². The van der Waals surface area contributed by atoms with E-state index >= 15 is 0 Å². The highest BCUT2D eigenvalue weighted by Crippen LogP contribution is 2.26. The zero-order valence-corrected chi connectivity index (χ0v) is 12.7. The Morgan fingerprint density at radius 2 is 2.00 bits per heavy atom. The lowest BCUT2D eigenvalue weighted by Gasteiger charge is -1.97. The Balaban J connectivity index is 1.64. The molecule has 0 N–H and O–H groups in total. The average Bonchev–Trinajstić information content (AvgIpc) is 3.21. The molecule has 4 rings (SSSR count). The van der Waals surface area contributed by atoms with Gasteiger partial charge >= 0.3 is 0 Å². The third-order valence-electron chi connectivity index (χ3n) is 3.27. The van der Waals surface area contributed by atoms with Crippen molar-refractivity contribution in [1.29, 1.82) is 0 Å². The Hall–Kier alpha value is -2.97. The summed E-state index contributed by atoms with van der Waals surface area (Å²) in [4.78, 5) is 6.52. The van der Waals surface area contributed by atoms with E-state index in [1.54, 1.807) is 34.2 Å². The van der Waals surface area contributed by atoms with E-state index < -0.39 is 0 Å². The van der Waals surface area contributed by atoms with E-state index in [-0.39, 0.29) is 5.82 Å². The maximum absolute atomic E-state index is 13.1. The van der Waals surface area contributed by atoms with Crippen LogP contribution in [0.5, 0.6) is 0 Å². The predicted molar refractivity (Wildman–Crippen MR) is 88.7 cm³/mol. The number of thiophene rings is 1. The van der Waals surface area contributed by atoms with Crippen LogP contribution in [0, 0.1) is 17.7 Å². The van der Waals surface area contributed by atoms with Crippen LogP contribution in [0.3, 0.4) is 0 Å². The van der Waals surface area contributed by atoms with E-state index in [0.29, 0.717) is 5.56 Å². The smallest absolute Gasteiger partial charge is 0.155 e. The minimum atomic E-state index is -0.276. The molecule has 0 fully saturated rings. The van der Waals surface area contributed by atoms with E-state index in [1.165, 1.54) is 12.1 Å². The van der Waals surface area contributed by atoms with Crippen LogP contribution in [-0.2, 0) is 0 Å². The van der Waals surface area contributed by atoms with Crippen molar-refractivity contribution in [3.05, 3.63) is 77.2 Å². The van der Waals surface area contributed by atoms with Crippen LogP contribution >= 0.6 is 11.3 Å². The van der Waals surface area contributed by atoms with Crippen molar-refractivity contribution in [2.24, 2.45) is 0 Å². The molecular formula is C18H10FN3S. The molecule has 110 valence electrons. The lowest BCUT2D eigenvalue weighted by atomic mass is 10.2. The van der Waals surface area contributed by atoms with Crippen molar-refractivity contribution in [3.8, 4) is 22.4 Å². The normalized spacial score (nSPS) is 10.5. The number of rotatable bonds is 1. The highest BCUT2D eigenvalue weighted by Gasteiger charge is 2.04. The number of nitrogens with zero attached hydrogens (tertiary/aromatic N) is 3. The van der Waals surface area contributed by atoms with Gasteiger partial charge in [-0.05, 0) is 36.4 Å². The van der Waals surface area contributed by atoms with Crippen LogP contribution < -0.4 is 0 Å². The van der Waals surface area contributed by atoms with Gasteiger partial charge in [0.25, 0.3) is 0 Å². The molecule has 0 saturated carbocycles. The molecule has 1 aromatic carbocycles. The first kappa shape index (κ1) is 13.7. The molecule has 23 heavy (non-hydrogen) atoms. The summed E-state index contributed by atoms with van der Waals surface area (Å²) in [5, 5.41) is 4.13. The van der Waals surface area contributed by atoms with Crippen LogP contribution in [-0.4, -0.2) is 14.6 Å². The van der Waals surface area contributed by atoms with Crippen LogP contribution in [0.4, 0.5) is 4.39 Å². The van der Waals surface area contributed by atoms with Crippen molar-refractivity contribution in [1.82, 2.24) is 14.6 Å². The molecule has 0 spiro atoms. The molecule has 0 unspecified atom stereocenters. The average molecular weight is 319 g/mol. The standard InChI is InChI=1S/C18H10FN3S/c19-14-3-1-2-13(12-14)4-5-15-6-7-17(23-15)16-9-11-22-18(21-16)8-10-20-22/h1-3,6-12H. The van der Waals surface area contributed by atoms with Gasteiger partial charge in [0.15, 0.2) is 5.65 Å². The number of aromatic nitrogens is 3. The second-order valence-corrected chi connectivity index (χ2v) is 5.95. The van der Waals surface area contributed by atoms with E-state index in [0.717, 1.165) is 21.1 Å². The molecular weight excluding hydrogens is 309 g/mol. The molecule has 0 aliphatic rings. The molecule has 0 atom stereocenters. The fraction of sp³-hybridized carbons (Fsp3) is 0. The molecule has 5 heteroatoms. The van der Waals surface area contributed by atoms with Gasteiger partial charge in [0, 0.05) is 17.8 Å². The monoisotopic (exact) mass is 319 g/mol. The first-order chi connectivity index (χ1) is 11.3. The quantitative estimate of drug-likeness (QED) is 0.497. The van der Waals surface area contributed by atoms with Gasteiger partial charge in [0.2, 0.25) is 0 Å². The Morgan fingerprint density at radius 3 is 2.91 bits per heavy atom. The second-order valence-electron chi connectivity index (χ2n) is 4.87. The van der Waals surface area contributed by atoms with Gasteiger partial charge in [0.1, 0.15) is 5.82 Å². The highest BCUT2D eigenvalue weighted by atomic mass is 32.1. The van der Waals surface area contributed by atoms with Gasteiger partial charge in [0.05, 0.1) is 21.6 Å². The van der Waals surface area contributed by atoms with Crippen molar-refractivity contribution < 1.29 is 4.39 Å². The van der Waals surface area contributed by atoms with Gasteiger partial charge in [-0.15, -0.1) is 11.3 Å². The fourth-order valence-corrected chi connectivity index (χ4v) is 3.02. The molecule has 0 saturated heterocycles. The summed E-state index contributed by atoms with van der Waals surface area (Å²) >= 11 is 1.56. The minimum absolute atomic E-state index is 0.276. The Morgan fingerprint density at radius 1 is 1.04 bits per heavy atom. The summed E-state index contributed by atoms with van der Waals surface area (Å²) in [5.74, 6) is 5.77. The highest BCUT2D eigenvalue weighted by molar-refractivity contribution is 7.16. The number of fused-ring (bicyclic) bond motifs is 1. The van der Waals surface area contributed by atoms with Gasteiger partial charge in [-0.3, -0.25) is 0 Å². The molecule has 3 aromatic heterocycles. The van der Waals surface area contributed by atoms with Gasteiger partial charge < -0.3 is 0 Å². The summed E-state index contributed by atoms with van der Waals surface area (Å²) in [7, 11) is 0. The largest absolute Gasteiger partial charge is 0.228 e. The van der Waals surface area contributed by atoms with Crippen molar-refractivity contribution >= 4 is 17.0 Å². The van der Waals surface area contributed by atoms with Gasteiger partial charge in [-0.2, -0.15) is 5.10 Å². The lowest BCUT2D eigenvalue weighted by Crippen LogP contribution is -1.89. The summed E-state index contributed by atoms with van der Waals surface area (Å²) in [5.41, 5.74) is 2.36. The number of hydrogen-bond donors (Lipinski definition) is 0. The lowest BCUT2D eigenvalue weighted by molar-refractivity contribution is 0.627. The molecule has 3 heterocycles. The van der Waals surface area contributed by atoms with Gasteiger partial charge in [-0.1, -0.05) is 17.9 Å². The molecule has 0 bridgehead atoms. The topological polar surface area (TPSA) is 30.2 Å². The summed E-state index contributed by atoms with van der Waals surface area (Å²) in [6, 6.07) is 14.0. The van der Waals surface area contributed by atoms with Crippen molar-refractivity contribution in [2.75, 3.05) is 0 Å². The van der Waals surface area contributed by atoms with Crippen molar-refractivity contribution in [2.45, 2.75) is 0 Å². The Kier molecular flexibility index (Phi) is 3.37. The zero-order valence-electron chi connectivity index (χ0n) is 11.9. The van der Waals surface area contributed by atoms with Crippen LogP contribution in [0.25, 0.3) is 16.2 Å². The third kappa shape index (κ3) is 2.85. The molecule has 4 aromatic rings. The fourth-order valence-electron chi connectivity index (χ4n) is 2.19. The van der Waals surface area contributed by atoms with E-state index in [1.807, 2.05) is 30.5 Å². The number of hydrogen-bond acceptors (Lipinski definition) is 3. The third-order valence-corrected chi connectivity index (χ3v) is 4.29. The number of halogens is 1. The molecule has 0 radical (unpaired) electrons.